The van der Waals surface area contributed by atoms with Gasteiger partial charge in [0, 0.05) is 17.8 Å². The Kier molecular flexibility index (Phi) is 4.60. The van der Waals surface area contributed by atoms with Crippen LogP contribution in [-0.4, -0.2) is 22.4 Å². The van der Waals surface area contributed by atoms with Gasteiger partial charge >= 0.3 is 0 Å². The van der Waals surface area contributed by atoms with E-state index in [1.807, 2.05) is 0 Å². The minimum atomic E-state index is -0.495. The molecule has 32 heavy (non-hydrogen) atoms. The molecule has 0 radical (unpaired) electrons. The van der Waals surface area contributed by atoms with Crippen molar-refractivity contribution in [3.05, 3.63) is 23.8 Å². The first-order valence-corrected chi connectivity index (χ1v) is 13.5. The molecule has 4 fully saturated rings. The second kappa shape index (κ2) is 6.73. The first kappa shape index (κ1) is 21.9. The van der Waals surface area contributed by atoms with Crippen LogP contribution in [-0.2, 0) is 9.78 Å². The van der Waals surface area contributed by atoms with Gasteiger partial charge in [0.15, 0.2) is 0 Å². The predicted molar refractivity (Wildman–Crippen MR) is 127 cm³/mol. The smallest absolute Gasteiger partial charge is 0.147 e. The molecule has 3 heteroatoms. The number of hydrogen-bond acceptors (Lipinski definition) is 3. The van der Waals surface area contributed by atoms with E-state index in [2.05, 4.69) is 59.8 Å². The van der Waals surface area contributed by atoms with E-state index in [1.165, 1.54) is 31.3 Å². The lowest BCUT2D eigenvalue weighted by Crippen LogP contribution is -2.69. The number of aliphatic hydroxyl groups excluding tert-OH is 1. The van der Waals surface area contributed by atoms with Gasteiger partial charge < -0.3 is 5.11 Å². The maximum Gasteiger partial charge on any atom is 0.147 e. The van der Waals surface area contributed by atoms with Crippen LogP contribution in [0.1, 0.15) is 86.5 Å². The highest BCUT2D eigenvalue weighted by Gasteiger charge is 2.72. The lowest BCUT2D eigenvalue weighted by molar-refractivity contribution is -0.455. The second-order valence-corrected chi connectivity index (χ2v) is 13.5. The van der Waals surface area contributed by atoms with Gasteiger partial charge in [-0.3, -0.25) is 0 Å². The van der Waals surface area contributed by atoms with E-state index in [4.69, 9.17) is 9.78 Å². The molecule has 0 aromatic carbocycles. The van der Waals surface area contributed by atoms with Gasteiger partial charge in [0.1, 0.15) is 11.2 Å². The molecule has 2 spiro atoms. The lowest BCUT2D eigenvalue weighted by atomic mass is 9.46. The van der Waals surface area contributed by atoms with Crippen molar-refractivity contribution in [3.8, 4) is 0 Å². The number of aliphatic hydroxyl groups is 1. The topological polar surface area (TPSA) is 38.7 Å². The fourth-order valence-corrected chi connectivity index (χ4v) is 9.54. The summed E-state index contributed by atoms with van der Waals surface area (Å²) in [6.07, 6.45) is 14.6. The Labute approximate surface area is 194 Å². The van der Waals surface area contributed by atoms with Crippen LogP contribution in [0.25, 0.3) is 0 Å². The first-order valence-electron chi connectivity index (χ1n) is 13.5. The van der Waals surface area contributed by atoms with Crippen LogP contribution in [0.2, 0.25) is 0 Å². The zero-order chi connectivity index (χ0) is 22.7. The summed E-state index contributed by atoms with van der Waals surface area (Å²) in [7, 11) is 0. The molecule has 0 aromatic heterocycles. The van der Waals surface area contributed by atoms with Crippen LogP contribution >= 0.6 is 0 Å². The van der Waals surface area contributed by atoms with Crippen molar-refractivity contribution in [1.82, 2.24) is 0 Å². The van der Waals surface area contributed by atoms with Gasteiger partial charge in [0.05, 0.1) is 6.10 Å². The molecule has 0 amide bonds. The SMILES string of the molecule is CC(C)C(C)C1CC1C(C)C1CCC2C34C=CC5(CC(O)CCC5(C)C3=CCC12C)OO4. The minimum absolute atomic E-state index is 0.0570. The van der Waals surface area contributed by atoms with Gasteiger partial charge in [-0.15, -0.1) is 0 Å². The predicted octanol–water partition coefficient (Wildman–Crippen LogP) is 6.47. The van der Waals surface area contributed by atoms with Crippen molar-refractivity contribution in [2.45, 2.75) is 104 Å². The summed E-state index contributed by atoms with van der Waals surface area (Å²) < 4.78 is 0. The monoisotopic (exact) mass is 440 g/mol. The van der Waals surface area contributed by atoms with Gasteiger partial charge in [0.25, 0.3) is 0 Å². The van der Waals surface area contributed by atoms with Crippen LogP contribution in [0.15, 0.2) is 23.8 Å². The van der Waals surface area contributed by atoms with Gasteiger partial charge in [-0.05, 0) is 97.2 Å². The zero-order valence-electron chi connectivity index (χ0n) is 21.1. The van der Waals surface area contributed by atoms with Crippen molar-refractivity contribution >= 4 is 0 Å². The first-order chi connectivity index (χ1) is 15.1. The molecule has 3 nitrogen and oxygen atoms in total. The van der Waals surface area contributed by atoms with Crippen molar-refractivity contribution in [2.75, 3.05) is 0 Å². The molecule has 178 valence electrons. The summed E-state index contributed by atoms with van der Waals surface area (Å²) in [4.78, 5) is 12.7. The molecule has 1 N–H and O–H groups in total. The molecule has 5 aliphatic carbocycles. The number of allylic oxidation sites excluding steroid dienone is 1. The summed E-state index contributed by atoms with van der Waals surface area (Å²) in [5, 5.41) is 10.4. The van der Waals surface area contributed by atoms with E-state index in [0.29, 0.717) is 12.3 Å². The van der Waals surface area contributed by atoms with E-state index >= 15 is 0 Å². The second-order valence-electron chi connectivity index (χ2n) is 13.5. The van der Waals surface area contributed by atoms with Crippen LogP contribution in [0.4, 0.5) is 0 Å². The maximum atomic E-state index is 10.4. The normalized spacial score (nSPS) is 55.1. The van der Waals surface area contributed by atoms with E-state index in [0.717, 1.165) is 48.3 Å². The molecule has 2 bridgehead atoms. The van der Waals surface area contributed by atoms with Crippen LogP contribution in [0, 0.1) is 52.3 Å². The van der Waals surface area contributed by atoms with E-state index < -0.39 is 11.2 Å². The largest absolute Gasteiger partial charge is 0.393 e. The highest BCUT2D eigenvalue weighted by Crippen LogP contribution is 2.72. The van der Waals surface area contributed by atoms with Gasteiger partial charge in [-0.2, -0.15) is 0 Å². The lowest BCUT2D eigenvalue weighted by Gasteiger charge is -2.66. The third-order valence-electron chi connectivity index (χ3n) is 12.0. The summed E-state index contributed by atoms with van der Waals surface area (Å²) in [6, 6.07) is 0. The number of hydrogen-bond donors (Lipinski definition) is 1. The zero-order valence-corrected chi connectivity index (χ0v) is 21.1. The minimum Gasteiger partial charge on any atom is -0.393 e. The molecule has 2 heterocycles. The highest BCUT2D eigenvalue weighted by molar-refractivity contribution is 5.48. The van der Waals surface area contributed by atoms with Crippen molar-refractivity contribution in [2.24, 2.45) is 52.3 Å². The average Bonchev–Trinajstić information content (AvgIpc) is 3.47. The van der Waals surface area contributed by atoms with E-state index in [1.54, 1.807) is 0 Å². The Morgan fingerprint density at radius 1 is 1.00 bits per heavy atom. The van der Waals surface area contributed by atoms with E-state index in [-0.39, 0.29) is 16.9 Å². The van der Waals surface area contributed by atoms with Crippen molar-refractivity contribution < 1.29 is 14.9 Å². The Hall–Kier alpha value is -0.640. The summed E-state index contributed by atoms with van der Waals surface area (Å²) in [5.41, 5.74) is 0.796. The number of rotatable bonds is 4. The van der Waals surface area contributed by atoms with Crippen molar-refractivity contribution in [1.29, 1.82) is 0 Å². The molecule has 11 unspecified atom stereocenters. The Balaban J connectivity index is 1.32. The molecule has 7 rings (SSSR count). The Morgan fingerprint density at radius 3 is 2.47 bits per heavy atom. The fraction of sp³-hybridized carbons (Fsp3) is 0.862. The standard InChI is InChI=1S/C29H44O3/c1-17(2)18(3)21-15-22(21)19(4)23-7-8-24-26(23,5)11-10-25-27(6)12-9-20(30)16-28(27)13-14-29(24,25)32-31-28/h10,13-14,17-24,30H,7-9,11-12,15-16H2,1-6H3. The third-order valence-corrected chi connectivity index (χ3v) is 12.0. The van der Waals surface area contributed by atoms with Crippen LogP contribution < -0.4 is 0 Å². The van der Waals surface area contributed by atoms with Crippen molar-refractivity contribution in [3.63, 3.8) is 0 Å². The average molecular weight is 441 g/mol. The molecule has 11 atom stereocenters. The summed E-state index contributed by atoms with van der Waals surface area (Å²) >= 11 is 0. The summed E-state index contributed by atoms with van der Waals surface area (Å²) in [6.45, 7) is 14.8. The van der Waals surface area contributed by atoms with E-state index in [9.17, 15) is 5.11 Å². The third kappa shape index (κ3) is 2.54. The van der Waals surface area contributed by atoms with Crippen LogP contribution in [0.5, 0.6) is 0 Å². The molecular formula is C29H44O3. The quantitative estimate of drug-likeness (QED) is 0.402. The molecule has 3 saturated carbocycles. The maximum absolute atomic E-state index is 10.4. The number of fused-ring (bicyclic) bond motifs is 2. The van der Waals surface area contributed by atoms with Gasteiger partial charge in [0.2, 0.25) is 0 Å². The summed E-state index contributed by atoms with van der Waals surface area (Å²) in [5.74, 6) is 5.51. The fourth-order valence-electron chi connectivity index (χ4n) is 9.54. The van der Waals surface area contributed by atoms with Crippen LogP contribution in [0.3, 0.4) is 0 Å². The van der Waals surface area contributed by atoms with Gasteiger partial charge in [-0.1, -0.05) is 47.6 Å². The highest BCUT2D eigenvalue weighted by atomic mass is 17.2. The molecule has 1 saturated heterocycles. The van der Waals surface area contributed by atoms with Gasteiger partial charge in [-0.25, -0.2) is 9.78 Å². The molecule has 7 aliphatic rings. The Bertz CT molecular complexity index is 860. The molecule has 2 aliphatic heterocycles. The molecule has 0 aromatic rings. The Morgan fingerprint density at radius 2 is 1.78 bits per heavy atom. The molecular weight excluding hydrogens is 396 g/mol.